The predicted octanol–water partition coefficient (Wildman–Crippen LogP) is 1.85. The van der Waals surface area contributed by atoms with E-state index in [0.29, 0.717) is 10.9 Å². The summed E-state index contributed by atoms with van der Waals surface area (Å²) in [4.78, 5) is 19.4. The van der Waals surface area contributed by atoms with E-state index in [2.05, 4.69) is 10.3 Å². The second-order valence-corrected chi connectivity index (χ2v) is 4.84. The maximum atomic E-state index is 11.8. The number of carbonyl (C=O) groups is 1. The van der Waals surface area contributed by atoms with E-state index >= 15 is 0 Å². The van der Waals surface area contributed by atoms with Gasteiger partial charge in [0.25, 0.3) is 0 Å². The highest BCUT2D eigenvalue weighted by Gasteiger charge is 2.27. The van der Waals surface area contributed by atoms with Gasteiger partial charge in [0, 0.05) is 18.9 Å². The number of amides is 1. The molecule has 0 bridgehead atoms. The number of hydrogen-bond donors (Lipinski definition) is 1. The largest absolute Gasteiger partial charge is 0.360 e. The SMILES string of the molecule is CN1C(=O)CNC2=C1C=NC(Cl)=CN2c1ccccc1. The Kier molecular flexibility index (Phi) is 3.20. The lowest BCUT2D eigenvalue weighted by Crippen LogP contribution is -2.46. The Morgan fingerprint density at radius 3 is 2.80 bits per heavy atom. The molecule has 6 heteroatoms. The fourth-order valence-electron chi connectivity index (χ4n) is 2.14. The average molecular weight is 289 g/mol. The average Bonchev–Trinajstić information content (AvgIpc) is 2.64. The molecule has 102 valence electrons. The van der Waals surface area contributed by atoms with Crippen LogP contribution in [0.2, 0.25) is 0 Å². The van der Waals surface area contributed by atoms with Crippen molar-refractivity contribution in [3.63, 3.8) is 0 Å². The Morgan fingerprint density at radius 2 is 2.05 bits per heavy atom. The van der Waals surface area contributed by atoms with E-state index < -0.39 is 0 Å². The molecule has 2 aliphatic rings. The zero-order chi connectivity index (χ0) is 14.1. The first-order valence-corrected chi connectivity index (χ1v) is 6.55. The molecule has 0 atom stereocenters. The van der Waals surface area contributed by atoms with Crippen LogP contribution in [0.15, 0.2) is 58.2 Å². The number of para-hydroxylation sites is 1. The van der Waals surface area contributed by atoms with Gasteiger partial charge in [-0.2, -0.15) is 0 Å². The predicted molar refractivity (Wildman–Crippen MR) is 79.1 cm³/mol. The third-order valence-corrected chi connectivity index (χ3v) is 3.40. The lowest BCUT2D eigenvalue weighted by atomic mass is 10.2. The Bertz CT molecular complexity index is 636. The van der Waals surface area contributed by atoms with Crippen LogP contribution < -0.4 is 10.2 Å². The van der Waals surface area contributed by atoms with Gasteiger partial charge in [-0.1, -0.05) is 29.8 Å². The molecule has 2 aliphatic heterocycles. The Balaban J connectivity index is 2.12. The van der Waals surface area contributed by atoms with Crippen LogP contribution in [0.25, 0.3) is 0 Å². The Labute approximate surface area is 121 Å². The number of rotatable bonds is 1. The van der Waals surface area contributed by atoms with Gasteiger partial charge in [0.05, 0.1) is 12.8 Å². The molecule has 1 amide bonds. The number of nitrogens with one attached hydrogen (secondary N) is 1. The molecule has 0 aromatic heterocycles. The number of benzene rings is 1. The van der Waals surface area contributed by atoms with E-state index in [1.807, 2.05) is 35.2 Å². The minimum atomic E-state index is -0.0127. The molecule has 0 aliphatic carbocycles. The molecule has 5 nitrogen and oxygen atoms in total. The normalized spacial score (nSPS) is 18.5. The van der Waals surface area contributed by atoms with E-state index in [1.165, 1.54) is 0 Å². The van der Waals surface area contributed by atoms with Gasteiger partial charge in [-0.15, -0.1) is 0 Å². The van der Waals surface area contributed by atoms with Crippen molar-refractivity contribution in [2.24, 2.45) is 4.99 Å². The summed E-state index contributed by atoms with van der Waals surface area (Å²) < 4.78 is 0. The van der Waals surface area contributed by atoms with E-state index in [0.717, 1.165) is 11.5 Å². The topological polar surface area (TPSA) is 47.9 Å². The fraction of sp³-hybridized carbons (Fsp3) is 0.143. The van der Waals surface area contributed by atoms with E-state index in [4.69, 9.17) is 11.6 Å². The zero-order valence-electron chi connectivity index (χ0n) is 10.9. The van der Waals surface area contributed by atoms with Crippen LogP contribution >= 0.6 is 11.6 Å². The number of carbonyl (C=O) groups excluding carboxylic acids is 1. The van der Waals surface area contributed by atoms with Gasteiger partial charge in [-0.05, 0) is 12.1 Å². The molecular formula is C14H13ClN4O. The number of hydrogen-bond acceptors (Lipinski definition) is 4. The van der Waals surface area contributed by atoms with Crippen molar-refractivity contribution in [1.29, 1.82) is 0 Å². The van der Waals surface area contributed by atoms with Crippen molar-refractivity contribution >= 4 is 29.4 Å². The van der Waals surface area contributed by atoms with Gasteiger partial charge in [0.15, 0.2) is 0 Å². The first kappa shape index (κ1) is 12.7. The molecule has 1 aromatic carbocycles. The summed E-state index contributed by atoms with van der Waals surface area (Å²) in [5, 5.41) is 3.48. The van der Waals surface area contributed by atoms with Crippen LogP contribution in [0.1, 0.15) is 0 Å². The minimum Gasteiger partial charge on any atom is -0.360 e. The molecule has 0 fully saturated rings. The van der Waals surface area contributed by atoms with Crippen molar-refractivity contribution in [2.45, 2.75) is 0 Å². The smallest absolute Gasteiger partial charge is 0.246 e. The van der Waals surface area contributed by atoms with Crippen molar-refractivity contribution in [3.05, 3.63) is 53.2 Å². The van der Waals surface area contributed by atoms with E-state index in [9.17, 15) is 4.79 Å². The second kappa shape index (κ2) is 5.02. The third-order valence-electron chi connectivity index (χ3n) is 3.21. The van der Waals surface area contributed by atoms with Crippen LogP contribution in [-0.2, 0) is 4.79 Å². The third kappa shape index (κ3) is 2.16. The fourth-order valence-corrected chi connectivity index (χ4v) is 2.28. The summed E-state index contributed by atoms with van der Waals surface area (Å²) in [6.07, 6.45) is 3.33. The summed E-state index contributed by atoms with van der Waals surface area (Å²) in [6.45, 7) is 0.248. The Hall–Kier alpha value is -2.27. The summed E-state index contributed by atoms with van der Waals surface area (Å²) in [5.74, 6) is 0.777. The molecule has 0 unspecified atom stereocenters. The Morgan fingerprint density at radius 1 is 1.30 bits per heavy atom. The van der Waals surface area contributed by atoms with Crippen molar-refractivity contribution in [2.75, 3.05) is 18.5 Å². The van der Waals surface area contributed by atoms with Gasteiger partial charge in [0.1, 0.15) is 16.7 Å². The molecule has 0 saturated heterocycles. The number of allylic oxidation sites excluding steroid dienone is 1. The summed E-state index contributed by atoms with van der Waals surface area (Å²) in [5.41, 5.74) is 1.64. The molecule has 0 spiro atoms. The van der Waals surface area contributed by atoms with Gasteiger partial charge in [-0.25, -0.2) is 4.99 Å². The van der Waals surface area contributed by atoms with Crippen molar-refractivity contribution in [1.82, 2.24) is 10.2 Å². The van der Waals surface area contributed by atoms with Gasteiger partial charge in [-0.3, -0.25) is 9.69 Å². The highest BCUT2D eigenvalue weighted by Crippen LogP contribution is 2.26. The van der Waals surface area contributed by atoms with Crippen LogP contribution in [0.3, 0.4) is 0 Å². The minimum absolute atomic E-state index is 0.0127. The van der Waals surface area contributed by atoms with Crippen LogP contribution in [0, 0.1) is 0 Å². The van der Waals surface area contributed by atoms with Crippen LogP contribution in [0.4, 0.5) is 5.69 Å². The molecule has 2 heterocycles. The lowest BCUT2D eigenvalue weighted by molar-refractivity contribution is -0.127. The van der Waals surface area contributed by atoms with E-state index in [-0.39, 0.29) is 12.5 Å². The lowest BCUT2D eigenvalue weighted by Gasteiger charge is -2.32. The molecule has 1 N–H and O–H groups in total. The van der Waals surface area contributed by atoms with Crippen molar-refractivity contribution in [3.8, 4) is 0 Å². The van der Waals surface area contributed by atoms with Crippen molar-refractivity contribution < 1.29 is 4.79 Å². The second-order valence-electron chi connectivity index (χ2n) is 4.46. The number of aliphatic imine (C=N–C) groups is 1. The summed E-state index contributed by atoms with van der Waals surface area (Å²) in [7, 11) is 1.73. The first-order chi connectivity index (χ1) is 9.66. The van der Waals surface area contributed by atoms with Crippen LogP contribution in [-0.4, -0.2) is 30.6 Å². The number of anilines is 1. The number of halogens is 1. The van der Waals surface area contributed by atoms with Gasteiger partial charge < -0.3 is 10.2 Å². The highest BCUT2D eigenvalue weighted by molar-refractivity contribution is 6.30. The van der Waals surface area contributed by atoms with Gasteiger partial charge in [0.2, 0.25) is 5.91 Å². The van der Waals surface area contributed by atoms with Crippen LogP contribution in [0.5, 0.6) is 0 Å². The first-order valence-electron chi connectivity index (χ1n) is 6.17. The molecule has 20 heavy (non-hydrogen) atoms. The standard InChI is InChI=1S/C14H13ClN4O/c1-18-11-7-16-12(15)9-19(10-5-3-2-4-6-10)14(11)17-8-13(18)20/h2-7,9,17H,8H2,1H3. The zero-order valence-corrected chi connectivity index (χ0v) is 11.6. The summed E-state index contributed by atoms with van der Waals surface area (Å²) >= 11 is 6.08. The maximum Gasteiger partial charge on any atom is 0.246 e. The van der Waals surface area contributed by atoms with Gasteiger partial charge >= 0.3 is 0 Å². The molecule has 0 saturated carbocycles. The maximum absolute atomic E-state index is 11.8. The highest BCUT2D eigenvalue weighted by atomic mass is 35.5. The van der Waals surface area contributed by atoms with E-state index in [1.54, 1.807) is 24.4 Å². The molecule has 1 aromatic rings. The molecule has 0 radical (unpaired) electrons. The molecular weight excluding hydrogens is 276 g/mol. The number of nitrogens with zero attached hydrogens (tertiary/aromatic N) is 3. The number of likely N-dealkylation sites (N-methyl/N-ethyl adjacent to an activating group) is 1. The molecule has 3 rings (SSSR count). The summed E-state index contributed by atoms with van der Waals surface area (Å²) in [6, 6.07) is 9.77. The monoisotopic (exact) mass is 288 g/mol. The quantitative estimate of drug-likeness (QED) is 0.802.